The van der Waals surface area contributed by atoms with Crippen molar-refractivity contribution in [1.29, 1.82) is 0 Å². The van der Waals surface area contributed by atoms with Crippen LogP contribution in [0.15, 0.2) is 29.2 Å². The lowest BCUT2D eigenvalue weighted by atomic mass is 10.2. The van der Waals surface area contributed by atoms with E-state index in [1.165, 1.54) is 10.4 Å². The lowest BCUT2D eigenvalue weighted by molar-refractivity contribution is 0.258. The van der Waals surface area contributed by atoms with Gasteiger partial charge in [-0.1, -0.05) is 24.0 Å². The standard InChI is InChI=1S/C15H21NO4S/c1-13(2)16(10-6-12-18)21(19,20)15-9-4-3-7-14(15)8-5-11-17/h3-4,7,9,13,17-18H,6,10-12H2,1-2H3. The summed E-state index contributed by atoms with van der Waals surface area (Å²) >= 11 is 0. The van der Waals surface area contributed by atoms with Crippen LogP contribution in [0.1, 0.15) is 25.8 Å². The zero-order valence-electron chi connectivity index (χ0n) is 12.3. The van der Waals surface area contributed by atoms with Gasteiger partial charge in [0.25, 0.3) is 0 Å². The van der Waals surface area contributed by atoms with Crippen LogP contribution in [0.5, 0.6) is 0 Å². The van der Waals surface area contributed by atoms with Gasteiger partial charge < -0.3 is 10.2 Å². The van der Waals surface area contributed by atoms with E-state index in [9.17, 15) is 8.42 Å². The predicted octanol–water partition coefficient (Wildman–Crippen LogP) is 0.812. The van der Waals surface area contributed by atoms with Crippen molar-refractivity contribution in [3.63, 3.8) is 0 Å². The second-order valence-electron chi connectivity index (χ2n) is 4.74. The second-order valence-corrected chi connectivity index (χ2v) is 6.60. The minimum absolute atomic E-state index is 0.0648. The first-order chi connectivity index (χ1) is 9.95. The fourth-order valence-corrected chi connectivity index (χ4v) is 3.76. The molecule has 0 saturated carbocycles. The number of nitrogens with zero attached hydrogens (tertiary/aromatic N) is 1. The molecule has 0 aliphatic rings. The molecule has 0 atom stereocenters. The summed E-state index contributed by atoms with van der Waals surface area (Å²) in [5, 5.41) is 17.7. The molecule has 0 aliphatic heterocycles. The molecule has 0 fully saturated rings. The van der Waals surface area contributed by atoms with Crippen LogP contribution < -0.4 is 0 Å². The molecule has 116 valence electrons. The molecule has 6 heteroatoms. The van der Waals surface area contributed by atoms with Gasteiger partial charge in [0.15, 0.2) is 0 Å². The van der Waals surface area contributed by atoms with Gasteiger partial charge in [-0.05, 0) is 32.4 Å². The maximum atomic E-state index is 12.8. The first-order valence-corrected chi connectivity index (χ1v) is 8.20. The molecule has 2 N–H and O–H groups in total. The van der Waals surface area contributed by atoms with Crippen LogP contribution in [0.3, 0.4) is 0 Å². The molecule has 1 aromatic carbocycles. The summed E-state index contributed by atoms with van der Waals surface area (Å²) in [6.07, 6.45) is 0.377. The number of aliphatic hydroxyl groups excluding tert-OH is 2. The number of aliphatic hydroxyl groups is 2. The van der Waals surface area contributed by atoms with E-state index in [0.717, 1.165) is 0 Å². The monoisotopic (exact) mass is 311 g/mol. The van der Waals surface area contributed by atoms with Crippen LogP contribution >= 0.6 is 0 Å². The predicted molar refractivity (Wildman–Crippen MR) is 81.1 cm³/mol. The summed E-state index contributed by atoms with van der Waals surface area (Å²) < 4.78 is 26.9. The highest BCUT2D eigenvalue weighted by atomic mass is 32.2. The molecule has 0 aromatic heterocycles. The van der Waals surface area contributed by atoms with Crippen LogP contribution in [-0.2, 0) is 10.0 Å². The van der Waals surface area contributed by atoms with E-state index in [1.807, 2.05) is 0 Å². The fourth-order valence-electron chi connectivity index (χ4n) is 1.94. The van der Waals surface area contributed by atoms with Gasteiger partial charge in [0.05, 0.1) is 4.90 Å². The highest BCUT2D eigenvalue weighted by molar-refractivity contribution is 7.89. The Morgan fingerprint density at radius 3 is 2.48 bits per heavy atom. The van der Waals surface area contributed by atoms with E-state index in [1.54, 1.807) is 32.0 Å². The van der Waals surface area contributed by atoms with Gasteiger partial charge in [0.1, 0.15) is 6.61 Å². The van der Waals surface area contributed by atoms with Gasteiger partial charge in [-0.25, -0.2) is 8.42 Å². The fraction of sp³-hybridized carbons (Fsp3) is 0.467. The van der Waals surface area contributed by atoms with Gasteiger partial charge in [0.2, 0.25) is 10.0 Å². The van der Waals surface area contributed by atoms with Gasteiger partial charge in [-0.2, -0.15) is 4.31 Å². The quantitative estimate of drug-likeness (QED) is 0.762. The first kappa shape index (κ1) is 17.7. The van der Waals surface area contributed by atoms with Crippen LogP contribution in [0.25, 0.3) is 0 Å². The smallest absolute Gasteiger partial charge is 0.244 e. The number of benzene rings is 1. The normalized spacial score (nSPS) is 11.5. The van der Waals surface area contributed by atoms with E-state index in [4.69, 9.17) is 10.2 Å². The van der Waals surface area contributed by atoms with E-state index in [0.29, 0.717) is 12.0 Å². The Morgan fingerprint density at radius 1 is 1.24 bits per heavy atom. The van der Waals surface area contributed by atoms with E-state index >= 15 is 0 Å². The SMILES string of the molecule is CC(C)N(CCCO)S(=O)(=O)c1ccccc1C#CCO. The Kier molecular flexibility index (Phi) is 6.85. The zero-order valence-corrected chi connectivity index (χ0v) is 13.1. The molecular weight excluding hydrogens is 290 g/mol. The largest absolute Gasteiger partial charge is 0.396 e. The van der Waals surface area contributed by atoms with Crippen LogP contribution in [0.2, 0.25) is 0 Å². The van der Waals surface area contributed by atoms with Crippen molar-refractivity contribution in [2.24, 2.45) is 0 Å². The summed E-state index contributed by atoms with van der Waals surface area (Å²) in [5.41, 5.74) is 0.362. The maximum Gasteiger partial charge on any atom is 0.244 e. The topological polar surface area (TPSA) is 77.8 Å². The third kappa shape index (κ3) is 4.55. The van der Waals surface area contributed by atoms with Crippen LogP contribution in [-0.4, -0.2) is 48.7 Å². The molecule has 1 aromatic rings. The lowest BCUT2D eigenvalue weighted by Crippen LogP contribution is -2.38. The number of rotatable bonds is 6. The van der Waals surface area contributed by atoms with Crippen molar-refractivity contribution in [2.45, 2.75) is 31.2 Å². The Bertz CT molecular complexity index is 614. The summed E-state index contributed by atoms with van der Waals surface area (Å²) in [7, 11) is -3.70. The third-order valence-corrected chi connectivity index (χ3v) is 5.02. The Labute approximate surface area is 126 Å². The molecule has 0 radical (unpaired) electrons. The second kappa shape index (κ2) is 8.15. The molecular formula is C15H21NO4S. The van der Waals surface area contributed by atoms with Crippen molar-refractivity contribution in [1.82, 2.24) is 4.31 Å². The summed E-state index contributed by atoms with van der Waals surface area (Å²) in [6, 6.07) is 6.24. The minimum atomic E-state index is -3.70. The number of hydrogen-bond donors (Lipinski definition) is 2. The van der Waals surface area contributed by atoms with Crippen molar-refractivity contribution in [2.75, 3.05) is 19.8 Å². The Morgan fingerprint density at radius 2 is 1.90 bits per heavy atom. The summed E-state index contributed by atoms with van der Waals surface area (Å²) in [6.45, 7) is 3.43. The van der Waals surface area contributed by atoms with Gasteiger partial charge in [-0.3, -0.25) is 0 Å². The van der Waals surface area contributed by atoms with Gasteiger partial charge in [0, 0.05) is 24.8 Å². The zero-order chi connectivity index (χ0) is 15.9. The van der Waals surface area contributed by atoms with Crippen LogP contribution in [0, 0.1) is 11.8 Å². The van der Waals surface area contributed by atoms with Crippen molar-refractivity contribution in [3.05, 3.63) is 29.8 Å². The maximum absolute atomic E-state index is 12.8. The molecule has 0 spiro atoms. The first-order valence-electron chi connectivity index (χ1n) is 6.76. The number of sulfonamides is 1. The minimum Gasteiger partial charge on any atom is -0.396 e. The molecule has 21 heavy (non-hydrogen) atoms. The highest BCUT2D eigenvalue weighted by Gasteiger charge is 2.28. The molecule has 1 rings (SSSR count). The van der Waals surface area contributed by atoms with Gasteiger partial charge >= 0.3 is 0 Å². The Balaban J connectivity index is 3.28. The Hall–Kier alpha value is -1.39. The number of hydrogen-bond acceptors (Lipinski definition) is 4. The van der Waals surface area contributed by atoms with Crippen molar-refractivity contribution >= 4 is 10.0 Å². The summed E-state index contributed by atoms with van der Waals surface area (Å²) in [4.78, 5) is 0.123. The summed E-state index contributed by atoms with van der Waals surface area (Å²) in [5.74, 6) is 5.13. The molecule has 0 aliphatic carbocycles. The van der Waals surface area contributed by atoms with Crippen molar-refractivity contribution in [3.8, 4) is 11.8 Å². The molecule has 0 heterocycles. The van der Waals surface area contributed by atoms with Gasteiger partial charge in [-0.15, -0.1) is 0 Å². The molecule has 0 saturated heterocycles. The third-order valence-electron chi connectivity index (χ3n) is 2.89. The van der Waals surface area contributed by atoms with E-state index < -0.39 is 10.0 Å². The lowest BCUT2D eigenvalue weighted by Gasteiger charge is -2.26. The van der Waals surface area contributed by atoms with Crippen LogP contribution in [0.4, 0.5) is 0 Å². The van der Waals surface area contributed by atoms with E-state index in [2.05, 4.69) is 11.8 Å². The average Bonchev–Trinajstić information content (AvgIpc) is 2.45. The molecule has 0 amide bonds. The molecule has 0 bridgehead atoms. The molecule has 0 unspecified atom stereocenters. The van der Waals surface area contributed by atoms with Crippen molar-refractivity contribution < 1.29 is 18.6 Å². The molecule has 5 nitrogen and oxygen atoms in total. The highest BCUT2D eigenvalue weighted by Crippen LogP contribution is 2.21. The van der Waals surface area contributed by atoms with E-state index in [-0.39, 0.29) is 30.7 Å². The average molecular weight is 311 g/mol.